The Morgan fingerprint density at radius 3 is 2.56 bits per heavy atom. The van der Waals surface area contributed by atoms with Gasteiger partial charge in [-0.2, -0.15) is 10.3 Å². The number of hydrogen-bond donors (Lipinski definition) is 0. The summed E-state index contributed by atoms with van der Waals surface area (Å²) < 4.78 is 14.5. The molecule has 138 valence electrons. The first-order chi connectivity index (χ1) is 12.2. The smallest absolute Gasteiger partial charge is 0.331 e. The Hall–Kier alpha value is -2.65. The molecule has 0 aliphatic rings. The van der Waals surface area contributed by atoms with Crippen molar-refractivity contribution < 1.29 is 28.6 Å². The van der Waals surface area contributed by atoms with E-state index < -0.39 is 12.0 Å². The number of nitrogens with zero attached hydrogens (tertiary/aromatic N) is 2. The van der Waals surface area contributed by atoms with E-state index in [4.69, 9.17) is 14.7 Å². The molecule has 8 nitrogen and oxygen atoms in total. The molecule has 25 heavy (non-hydrogen) atoms. The first-order valence-corrected chi connectivity index (χ1v) is 8.16. The van der Waals surface area contributed by atoms with Crippen LogP contribution in [0.15, 0.2) is 17.6 Å². The molecule has 0 aromatic heterocycles. The van der Waals surface area contributed by atoms with Gasteiger partial charge in [-0.3, -0.25) is 4.79 Å². The van der Waals surface area contributed by atoms with Gasteiger partial charge in [0.25, 0.3) is 6.26 Å². The predicted octanol–water partition coefficient (Wildman–Crippen LogP) is 2.19. The van der Waals surface area contributed by atoms with Gasteiger partial charge in [0.05, 0.1) is 13.2 Å². The first-order valence-electron chi connectivity index (χ1n) is 8.16. The number of carbonyl (C=O) groups is 2. The molecule has 0 aromatic rings. The Balaban J connectivity index is 3.90. The summed E-state index contributed by atoms with van der Waals surface area (Å²) in [6.45, 7) is 4.21. The van der Waals surface area contributed by atoms with Crippen LogP contribution in [0.5, 0.6) is 0 Å². The van der Waals surface area contributed by atoms with E-state index in [0.29, 0.717) is 32.3 Å². The molecule has 0 bridgehead atoms. The van der Waals surface area contributed by atoms with Gasteiger partial charge in [0, 0.05) is 6.42 Å². The Morgan fingerprint density at radius 2 is 1.88 bits per heavy atom. The monoisotopic (exact) mass is 352 g/mol. The van der Waals surface area contributed by atoms with E-state index in [9.17, 15) is 14.4 Å². The molecule has 0 aliphatic heterocycles. The highest BCUT2D eigenvalue weighted by molar-refractivity contribution is 5.77. The van der Waals surface area contributed by atoms with Gasteiger partial charge in [-0.15, -0.1) is 6.58 Å². The topological polar surface area (TPSA) is 115 Å². The molecule has 0 saturated heterocycles. The molecular weight excluding hydrogens is 328 g/mol. The minimum atomic E-state index is -0.926. The van der Waals surface area contributed by atoms with Gasteiger partial charge in [0.15, 0.2) is 6.04 Å². The maximum Gasteiger partial charge on any atom is 0.331 e. The summed E-state index contributed by atoms with van der Waals surface area (Å²) in [6.07, 6.45) is 8.05. The predicted molar refractivity (Wildman–Crippen MR) is 87.9 cm³/mol. The summed E-state index contributed by atoms with van der Waals surface area (Å²) >= 11 is 0. The second-order valence-corrected chi connectivity index (χ2v) is 5.09. The van der Waals surface area contributed by atoms with Crippen molar-refractivity contribution in [2.24, 2.45) is 4.99 Å². The van der Waals surface area contributed by atoms with E-state index in [1.165, 1.54) is 6.08 Å². The molecule has 0 amide bonds. The van der Waals surface area contributed by atoms with Crippen molar-refractivity contribution in [3.05, 3.63) is 12.7 Å². The lowest BCUT2D eigenvalue weighted by Crippen LogP contribution is -2.22. The molecule has 0 aromatic carbocycles. The lowest BCUT2D eigenvalue weighted by molar-refractivity contribution is -0.148. The SMILES string of the molecule is C=CCCCOC(=O)CCCOC(=O)C(CCCCOC#N)N=C=O. The van der Waals surface area contributed by atoms with Crippen LogP contribution in [-0.2, 0) is 28.6 Å². The molecule has 0 saturated carbocycles. The number of nitriles is 1. The van der Waals surface area contributed by atoms with E-state index in [0.717, 1.165) is 12.8 Å². The number of esters is 2. The fourth-order valence-electron chi connectivity index (χ4n) is 1.83. The fourth-order valence-corrected chi connectivity index (χ4v) is 1.83. The lowest BCUT2D eigenvalue weighted by atomic mass is 10.1. The number of aliphatic imine (C=N–C) groups is 1. The van der Waals surface area contributed by atoms with E-state index in [1.807, 2.05) is 0 Å². The van der Waals surface area contributed by atoms with E-state index >= 15 is 0 Å². The summed E-state index contributed by atoms with van der Waals surface area (Å²) in [7, 11) is 0. The maximum absolute atomic E-state index is 11.8. The number of rotatable bonds is 15. The average molecular weight is 352 g/mol. The lowest BCUT2D eigenvalue weighted by Gasteiger charge is -2.10. The van der Waals surface area contributed by atoms with Crippen molar-refractivity contribution >= 4 is 18.0 Å². The zero-order valence-corrected chi connectivity index (χ0v) is 14.3. The van der Waals surface area contributed by atoms with Crippen LogP contribution >= 0.6 is 0 Å². The number of isocyanates is 1. The zero-order valence-electron chi connectivity index (χ0n) is 14.3. The number of ether oxygens (including phenoxy) is 3. The second-order valence-electron chi connectivity index (χ2n) is 5.09. The molecule has 0 rings (SSSR count). The van der Waals surface area contributed by atoms with Gasteiger partial charge in [-0.05, 0) is 38.5 Å². The van der Waals surface area contributed by atoms with E-state index in [-0.39, 0.29) is 25.6 Å². The zero-order chi connectivity index (χ0) is 18.8. The average Bonchev–Trinajstić information content (AvgIpc) is 2.61. The van der Waals surface area contributed by atoms with Crippen molar-refractivity contribution in [3.63, 3.8) is 0 Å². The van der Waals surface area contributed by atoms with Crippen molar-refractivity contribution in [1.29, 1.82) is 5.26 Å². The van der Waals surface area contributed by atoms with Crippen LogP contribution < -0.4 is 0 Å². The summed E-state index contributed by atoms with van der Waals surface area (Å²) in [5, 5.41) is 8.23. The number of hydrogen-bond acceptors (Lipinski definition) is 8. The largest absolute Gasteiger partial charge is 0.466 e. The molecule has 0 heterocycles. The van der Waals surface area contributed by atoms with Crippen LogP contribution in [-0.4, -0.2) is 43.9 Å². The van der Waals surface area contributed by atoms with Gasteiger partial charge in [-0.1, -0.05) is 6.08 Å². The van der Waals surface area contributed by atoms with Crippen LogP contribution in [0.1, 0.15) is 44.9 Å². The van der Waals surface area contributed by atoms with E-state index in [2.05, 4.69) is 16.3 Å². The second kappa shape index (κ2) is 16.2. The molecular formula is C17H24N2O6. The molecule has 0 radical (unpaired) electrons. The first kappa shape index (κ1) is 22.4. The minimum Gasteiger partial charge on any atom is -0.466 e. The molecule has 1 unspecified atom stereocenters. The molecule has 0 spiro atoms. The molecule has 0 N–H and O–H groups in total. The Bertz CT molecular complexity index is 494. The minimum absolute atomic E-state index is 0.0447. The number of carbonyl (C=O) groups excluding carboxylic acids is 3. The third kappa shape index (κ3) is 13.5. The van der Waals surface area contributed by atoms with Crippen LogP contribution in [0, 0.1) is 11.5 Å². The highest BCUT2D eigenvalue weighted by atomic mass is 16.5. The van der Waals surface area contributed by atoms with Crippen LogP contribution in [0.4, 0.5) is 0 Å². The van der Waals surface area contributed by atoms with Crippen LogP contribution in [0.25, 0.3) is 0 Å². The quantitative estimate of drug-likeness (QED) is 0.111. The third-order valence-corrected chi connectivity index (χ3v) is 3.10. The standard InChI is InChI=1S/C17H24N2O6/c1-2-3-5-11-24-16(21)9-7-12-25-17(22)15(19-14-20)8-4-6-10-23-13-18/h2,15H,1,3-12H2. The van der Waals surface area contributed by atoms with Crippen molar-refractivity contribution in [2.75, 3.05) is 19.8 Å². The molecule has 0 fully saturated rings. The highest BCUT2D eigenvalue weighted by Gasteiger charge is 2.19. The Morgan fingerprint density at radius 1 is 1.12 bits per heavy atom. The van der Waals surface area contributed by atoms with Crippen molar-refractivity contribution in [3.8, 4) is 6.26 Å². The summed E-state index contributed by atoms with van der Waals surface area (Å²) in [5.74, 6) is -0.982. The molecule has 1 atom stereocenters. The third-order valence-electron chi connectivity index (χ3n) is 3.10. The van der Waals surface area contributed by atoms with Crippen molar-refractivity contribution in [1.82, 2.24) is 0 Å². The van der Waals surface area contributed by atoms with Gasteiger partial charge in [-0.25, -0.2) is 9.59 Å². The maximum atomic E-state index is 11.8. The van der Waals surface area contributed by atoms with Gasteiger partial charge < -0.3 is 14.2 Å². The van der Waals surface area contributed by atoms with Gasteiger partial charge in [0.1, 0.15) is 6.61 Å². The molecule has 8 heteroatoms. The van der Waals surface area contributed by atoms with Crippen molar-refractivity contribution in [2.45, 2.75) is 51.0 Å². The number of allylic oxidation sites excluding steroid dienone is 1. The molecule has 0 aliphatic carbocycles. The number of unbranched alkanes of at least 4 members (excludes halogenated alkanes) is 2. The summed E-state index contributed by atoms with van der Waals surface area (Å²) in [4.78, 5) is 37.1. The van der Waals surface area contributed by atoms with E-state index in [1.54, 1.807) is 12.3 Å². The van der Waals surface area contributed by atoms with Gasteiger partial charge >= 0.3 is 11.9 Å². The Labute approximate surface area is 147 Å². The fraction of sp³-hybridized carbons (Fsp3) is 0.647. The van der Waals surface area contributed by atoms with Crippen LogP contribution in [0.2, 0.25) is 0 Å². The normalized spacial score (nSPS) is 10.7. The Kier molecular flexibility index (Phi) is 14.5. The summed E-state index contributed by atoms with van der Waals surface area (Å²) in [5.41, 5.74) is 0. The highest BCUT2D eigenvalue weighted by Crippen LogP contribution is 2.08. The van der Waals surface area contributed by atoms with Crippen LogP contribution in [0.3, 0.4) is 0 Å². The van der Waals surface area contributed by atoms with Gasteiger partial charge in [0.2, 0.25) is 6.08 Å². The summed E-state index contributed by atoms with van der Waals surface area (Å²) in [6, 6.07) is -0.926.